The van der Waals surface area contributed by atoms with Crippen molar-refractivity contribution >= 4 is 17.5 Å². The van der Waals surface area contributed by atoms with E-state index in [2.05, 4.69) is 17.4 Å². The molecule has 18 heavy (non-hydrogen) atoms. The molecule has 2 nitrogen and oxygen atoms in total. The number of halogens is 1. The van der Waals surface area contributed by atoms with Crippen molar-refractivity contribution in [3.05, 3.63) is 35.9 Å². The molecule has 0 aromatic heterocycles. The predicted octanol–water partition coefficient (Wildman–Crippen LogP) is 3.14. The van der Waals surface area contributed by atoms with Gasteiger partial charge in [0.2, 0.25) is 5.91 Å². The Bertz CT molecular complexity index is 387. The number of amides is 1. The Kier molecular flexibility index (Phi) is 4.65. The van der Waals surface area contributed by atoms with Crippen molar-refractivity contribution < 1.29 is 4.79 Å². The van der Waals surface area contributed by atoms with E-state index in [0.717, 1.165) is 19.4 Å². The van der Waals surface area contributed by atoms with Crippen LogP contribution in [0.25, 0.3) is 0 Å². The van der Waals surface area contributed by atoms with Crippen molar-refractivity contribution in [2.75, 3.05) is 12.4 Å². The van der Waals surface area contributed by atoms with Crippen LogP contribution in [0, 0.1) is 5.41 Å². The summed E-state index contributed by atoms with van der Waals surface area (Å²) in [7, 11) is 0. The Morgan fingerprint density at radius 2 is 2.00 bits per heavy atom. The maximum atomic E-state index is 11.8. The Balaban J connectivity index is 1.67. The monoisotopic (exact) mass is 265 g/mol. The molecule has 1 aliphatic carbocycles. The number of hydrogen-bond acceptors (Lipinski definition) is 1. The predicted molar refractivity (Wildman–Crippen MR) is 74.8 cm³/mol. The molecule has 1 N–H and O–H groups in total. The molecule has 0 unspecified atom stereocenters. The van der Waals surface area contributed by atoms with E-state index in [-0.39, 0.29) is 5.91 Å². The number of carbonyl (C=O) groups excluding carboxylic acids is 1. The van der Waals surface area contributed by atoms with E-state index in [1.165, 1.54) is 18.4 Å². The van der Waals surface area contributed by atoms with Gasteiger partial charge in [-0.1, -0.05) is 30.3 Å². The average molecular weight is 266 g/mol. The summed E-state index contributed by atoms with van der Waals surface area (Å²) < 4.78 is 0. The fraction of sp³-hybridized carbons (Fsp3) is 0.533. The molecule has 1 fully saturated rings. The fourth-order valence-electron chi connectivity index (χ4n) is 2.17. The third-order valence-electron chi connectivity index (χ3n) is 3.73. The summed E-state index contributed by atoms with van der Waals surface area (Å²) in [4.78, 5) is 11.8. The van der Waals surface area contributed by atoms with Crippen LogP contribution in [-0.4, -0.2) is 18.3 Å². The molecule has 1 aromatic rings. The molecule has 0 saturated heterocycles. The first kappa shape index (κ1) is 13.4. The molecule has 3 heteroatoms. The molecule has 0 spiro atoms. The molecule has 1 amide bonds. The number of aryl methyl sites for hydroxylation is 1. The standard InChI is InChI=1S/C15H20ClNO/c16-11-10-15(8-9-15)12-17-14(18)7-6-13-4-2-1-3-5-13/h1-5H,6-12H2,(H,17,18). The number of benzene rings is 1. The van der Waals surface area contributed by atoms with Gasteiger partial charge in [-0.2, -0.15) is 0 Å². The zero-order valence-corrected chi connectivity index (χ0v) is 11.4. The first-order chi connectivity index (χ1) is 8.74. The quantitative estimate of drug-likeness (QED) is 0.754. The van der Waals surface area contributed by atoms with Gasteiger partial charge < -0.3 is 5.32 Å². The van der Waals surface area contributed by atoms with Crippen molar-refractivity contribution in [2.24, 2.45) is 5.41 Å². The van der Waals surface area contributed by atoms with Crippen molar-refractivity contribution in [3.63, 3.8) is 0 Å². The van der Waals surface area contributed by atoms with Gasteiger partial charge in [0.05, 0.1) is 0 Å². The summed E-state index contributed by atoms with van der Waals surface area (Å²) in [5, 5.41) is 3.04. The summed E-state index contributed by atoms with van der Waals surface area (Å²) in [6, 6.07) is 10.1. The highest BCUT2D eigenvalue weighted by Gasteiger charge is 2.41. The van der Waals surface area contributed by atoms with E-state index in [0.29, 0.717) is 17.7 Å². The van der Waals surface area contributed by atoms with Gasteiger partial charge in [0.25, 0.3) is 0 Å². The topological polar surface area (TPSA) is 29.1 Å². The van der Waals surface area contributed by atoms with Crippen molar-refractivity contribution in [1.29, 1.82) is 0 Å². The van der Waals surface area contributed by atoms with Crippen molar-refractivity contribution in [2.45, 2.75) is 32.1 Å². The highest BCUT2D eigenvalue weighted by atomic mass is 35.5. The van der Waals surface area contributed by atoms with Gasteiger partial charge >= 0.3 is 0 Å². The minimum atomic E-state index is 0.153. The van der Waals surface area contributed by atoms with Gasteiger partial charge in [-0.25, -0.2) is 0 Å². The second-order valence-electron chi connectivity index (χ2n) is 5.20. The summed E-state index contributed by atoms with van der Waals surface area (Å²) >= 11 is 5.77. The molecule has 0 atom stereocenters. The van der Waals surface area contributed by atoms with Crippen molar-refractivity contribution in [1.82, 2.24) is 5.32 Å². The lowest BCUT2D eigenvalue weighted by molar-refractivity contribution is -0.121. The van der Waals surface area contributed by atoms with Crippen LogP contribution < -0.4 is 5.32 Å². The van der Waals surface area contributed by atoms with Crippen LogP contribution >= 0.6 is 11.6 Å². The zero-order chi connectivity index (χ0) is 12.8. The van der Waals surface area contributed by atoms with Gasteiger partial charge in [0.1, 0.15) is 0 Å². The summed E-state index contributed by atoms with van der Waals surface area (Å²) in [6.45, 7) is 0.799. The first-order valence-corrected chi connectivity index (χ1v) is 7.14. The summed E-state index contributed by atoms with van der Waals surface area (Å²) in [5.74, 6) is 0.847. The molecule has 1 aromatic carbocycles. The zero-order valence-electron chi connectivity index (χ0n) is 10.6. The Hall–Kier alpha value is -1.02. The molecule has 0 aliphatic heterocycles. The maximum Gasteiger partial charge on any atom is 0.220 e. The molecular formula is C15H20ClNO. The summed E-state index contributed by atoms with van der Waals surface area (Å²) in [6.07, 6.45) is 4.82. The summed E-state index contributed by atoms with van der Waals surface area (Å²) in [5.41, 5.74) is 1.54. The number of alkyl halides is 1. The van der Waals surface area contributed by atoms with E-state index < -0.39 is 0 Å². The highest BCUT2D eigenvalue weighted by molar-refractivity contribution is 6.17. The minimum absolute atomic E-state index is 0.153. The Labute approximate surface area is 114 Å². The van der Waals surface area contributed by atoms with E-state index in [9.17, 15) is 4.79 Å². The second-order valence-corrected chi connectivity index (χ2v) is 5.58. The number of carbonyl (C=O) groups is 1. The van der Waals surface area contributed by atoms with Gasteiger partial charge in [-0.3, -0.25) is 4.79 Å². The van der Waals surface area contributed by atoms with Crippen LogP contribution in [0.5, 0.6) is 0 Å². The normalized spacial score (nSPS) is 16.3. The van der Waals surface area contributed by atoms with E-state index in [1.54, 1.807) is 0 Å². The van der Waals surface area contributed by atoms with Crippen molar-refractivity contribution in [3.8, 4) is 0 Å². The minimum Gasteiger partial charge on any atom is -0.356 e. The Morgan fingerprint density at radius 3 is 2.61 bits per heavy atom. The smallest absolute Gasteiger partial charge is 0.220 e. The lowest BCUT2D eigenvalue weighted by Gasteiger charge is -2.14. The Morgan fingerprint density at radius 1 is 1.28 bits per heavy atom. The molecule has 0 radical (unpaired) electrons. The number of rotatable bonds is 7. The second kappa shape index (κ2) is 6.24. The van der Waals surface area contributed by atoms with Crippen LogP contribution in [-0.2, 0) is 11.2 Å². The van der Waals surface area contributed by atoms with E-state index in [1.807, 2.05) is 18.2 Å². The van der Waals surface area contributed by atoms with Crippen LogP contribution in [0.2, 0.25) is 0 Å². The molecule has 0 bridgehead atoms. The van der Waals surface area contributed by atoms with Crippen LogP contribution in [0.4, 0.5) is 0 Å². The van der Waals surface area contributed by atoms with E-state index >= 15 is 0 Å². The van der Waals surface area contributed by atoms with E-state index in [4.69, 9.17) is 11.6 Å². The molecule has 0 heterocycles. The van der Waals surface area contributed by atoms with Crippen LogP contribution in [0.3, 0.4) is 0 Å². The fourth-order valence-corrected chi connectivity index (χ4v) is 2.57. The van der Waals surface area contributed by atoms with Gasteiger partial charge in [0, 0.05) is 18.8 Å². The van der Waals surface area contributed by atoms with Crippen LogP contribution in [0.15, 0.2) is 30.3 Å². The molecule has 1 saturated carbocycles. The number of nitrogens with one attached hydrogen (secondary N) is 1. The highest BCUT2D eigenvalue weighted by Crippen LogP contribution is 2.48. The average Bonchev–Trinajstić information content (AvgIpc) is 3.16. The number of hydrogen-bond donors (Lipinski definition) is 1. The van der Waals surface area contributed by atoms with Gasteiger partial charge in [-0.15, -0.1) is 11.6 Å². The maximum absolute atomic E-state index is 11.8. The lowest BCUT2D eigenvalue weighted by Crippen LogP contribution is -2.30. The molecule has 2 rings (SSSR count). The SMILES string of the molecule is O=C(CCc1ccccc1)NCC1(CCCl)CC1. The molecule has 98 valence electrons. The lowest BCUT2D eigenvalue weighted by atomic mass is 10.0. The largest absolute Gasteiger partial charge is 0.356 e. The third-order valence-corrected chi connectivity index (χ3v) is 3.92. The molecule has 1 aliphatic rings. The van der Waals surface area contributed by atoms with Gasteiger partial charge in [-0.05, 0) is 36.7 Å². The van der Waals surface area contributed by atoms with Crippen LogP contribution in [0.1, 0.15) is 31.2 Å². The van der Waals surface area contributed by atoms with Gasteiger partial charge in [0.15, 0.2) is 0 Å². The molecular weight excluding hydrogens is 246 g/mol. The third kappa shape index (κ3) is 4.02. The first-order valence-electron chi connectivity index (χ1n) is 6.61.